The molecule has 3 aliphatic heterocycles. The Kier molecular flexibility index (Phi) is 5.47. The molecule has 0 aliphatic carbocycles. The molecule has 0 amide bonds. The second-order valence-corrected chi connectivity index (χ2v) is 7.43. The maximum absolute atomic E-state index is 12.7. The Balaban J connectivity index is 0.000000407. The van der Waals surface area contributed by atoms with E-state index < -0.39 is 24.3 Å². The molecule has 31 heavy (non-hydrogen) atoms. The number of hydrogen-bond acceptors (Lipinski definition) is 9. The van der Waals surface area contributed by atoms with E-state index in [0.717, 1.165) is 13.2 Å². The monoisotopic (exact) mass is 430 g/mol. The van der Waals surface area contributed by atoms with Crippen molar-refractivity contribution in [2.75, 3.05) is 13.2 Å². The topological polar surface area (TPSA) is 132 Å². The van der Waals surface area contributed by atoms with Crippen molar-refractivity contribution in [1.29, 1.82) is 0 Å². The Morgan fingerprint density at radius 1 is 0.935 bits per heavy atom. The van der Waals surface area contributed by atoms with Crippen molar-refractivity contribution in [2.45, 2.75) is 39.9 Å². The average Bonchev–Trinajstić information content (AvgIpc) is 3.39. The molecule has 0 radical (unpaired) electrons. The Hall–Kier alpha value is -3.30. The third-order valence-corrected chi connectivity index (χ3v) is 5.45. The minimum atomic E-state index is -0.765. The second kappa shape index (κ2) is 8.09. The van der Waals surface area contributed by atoms with Gasteiger partial charge in [-0.1, -0.05) is 0 Å². The SMILES string of the molecule is C1CCOC1.Cc1cc(O)c(CO)c2c1C(=O)Oc1c(C)c3c(c(O)c1O2)C(=O)OC3. The Labute approximate surface area is 177 Å². The first-order valence-corrected chi connectivity index (χ1v) is 9.84. The van der Waals surface area contributed by atoms with Gasteiger partial charge in [-0.2, -0.15) is 0 Å². The summed E-state index contributed by atoms with van der Waals surface area (Å²) in [6, 6.07) is 1.31. The van der Waals surface area contributed by atoms with Gasteiger partial charge in [-0.15, -0.1) is 0 Å². The summed E-state index contributed by atoms with van der Waals surface area (Å²) >= 11 is 0. The van der Waals surface area contributed by atoms with Crippen molar-refractivity contribution >= 4 is 11.9 Å². The number of benzene rings is 2. The van der Waals surface area contributed by atoms with Crippen molar-refractivity contribution < 1.29 is 43.9 Å². The number of rotatable bonds is 1. The van der Waals surface area contributed by atoms with Crippen LogP contribution in [0.2, 0.25) is 0 Å². The molecule has 0 saturated carbocycles. The number of aryl methyl sites for hydroxylation is 1. The number of hydrogen-bond donors (Lipinski definition) is 3. The van der Waals surface area contributed by atoms with Crippen LogP contribution in [0.3, 0.4) is 0 Å². The third kappa shape index (κ3) is 3.45. The largest absolute Gasteiger partial charge is 0.507 e. The van der Waals surface area contributed by atoms with Gasteiger partial charge in [0.25, 0.3) is 0 Å². The van der Waals surface area contributed by atoms with Crippen molar-refractivity contribution in [1.82, 2.24) is 0 Å². The van der Waals surface area contributed by atoms with Crippen LogP contribution in [-0.4, -0.2) is 40.5 Å². The number of ether oxygens (including phenoxy) is 4. The molecule has 9 nitrogen and oxygen atoms in total. The zero-order valence-electron chi connectivity index (χ0n) is 17.1. The van der Waals surface area contributed by atoms with E-state index >= 15 is 0 Å². The highest BCUT2D eigenvalue weighted by Gasteiger charge is 2.38. The second-order valence-electron chi connectivity index (χ2n) is 7.43. The molecule has 2 aromatic rings. The fourth-order valence-corrected chi connectivity index (χ4v) is 3.77. The van der Waals surface area contributed by atoms with Gasteiger partial charge in [0.15, 0.2) is 17.2 Å². The molecule has 0 unspecified atom stereocenters. The molecular formula is C22H22O9. The number of carbonyl (C=O) groups is 2. The average molecular weight is 430 g/mol. The van der Waals surface area contributed by atoms with E-state index in [9.17, 15) is 24.9 Å². The van der Waals surface area contributed by atoms with Crippen molar-refractivity contribution in [3.05, 3.63) is 39.4 Å². The van der Waals surface area contributed by atoms with E-state index in [-0.39, 0.29) is 46.3 Å². The van der Waals surface area contributed by atoms with Gasteiger partial charge in [-0.3, -0.25) is 0 Å². The van der Waals surface area contributed by atoms with Gasteiger partial charge in [0.05, 0.1) is 12.2 Å². The molecule has 3 heterocycles. The number of fused-ring (bicyclic) bond motifs is 3. The summed E-state index contributed by atoms with van der Waals surface area (Å²) in [6.45, 7) is 4.53. The first-order chi connectivity index (χ1) is 14.8. The maximum Gasteiger partial charge on any atom is 0.347 e. The van der Waals surface area contributed by atoms with Gasteiger partial charge in [0.2, 0.25) is 5.75 Å². The van der Waals surface area contributed by atoms with Crippen LogP contribution in [0, 0.1) is 13.8 Å². The number of aliphatic hydroxyl groups excluding tert-OH is 1. The maximum atomic E-state index is 12.7. The van der Waals surface area contributed by atoms with Crippen LogP contribution < -0.4 is 9.47 Å². The summed E-state index contributed by atoms with van der Waals surface area (Å²) in [5, 5.41) is 30.2. The van der Waals surface area contributed by atoms with Gasteiger partial charge in [0, 0.05) is 24.3 Å². The lowest BCUT2D eigenvalue weighted by Gasteiger charge is -2.16. The van der Waals surface area contributed by atoms with Crippen molar-refractivity contribution in [3.8, 4) is 28.7 Å². The molecule has 0 bridgehead atoms. The van der Waals surface area contributed by atoms with Crippen LogP contribution in [0.15, 0.2) is 6.07 Å². The van der Waals surface area contributed by atoms with Gasteiger partial charge < -0.3 is 34.3 Å². The molecule has 9 heteroatoms. The van der Waals surface area contributed by atoms with Crippen LogP contribution in [0.4, 0.5) is 0 Å². The van der Waals surface area contributed by atoms with Crippen LogP contribution >= 0.6 is 0 Å². The van der Waals surface area contributed by atoms with Gasteiger partial charge >= 0.3 is 11.9 Å². The summed E-state index contributed by atoms with van der Waals surface area (Å²) in [4.78, 5) is 24.6. The molecule has 1 fully saturated rings. The number of esters is 2. The summed E-state index contributed by atoms with van der Waals surface area (Å²) in [7, 11) is 0. The number of aromatic hydroxyl groups is 2. The number of aliphatic hydroxyl groups is 1. The molecule has 0 atom stereocenters. The standard InChI is InChI=1S/C18H14O8.C4H8O/c1-6-3-10(20)8(4-19)15-11(6)18(23)26-14-7(2)9-5-24-17(22)12(9)13(21)16(14)25-15;1-2-4-5-3-1/h3,19-21H,4-5H2,1-2H3;1-4H2. The fraction of sp³-hybridized carbons (Fsp3) is 0.364. The summed E-state index contributed by atoms with van der Waals surface area (Å²) in [6.07, 6.45) is 2.56. The lowest BCUT2D eigenvalue weighted by molar-refractivity contribution is 0.0532. The van der Waals surface area contributed by atoms with Crippen molar-refractivity contribution in [2.24, 2.45) is 0 Å². The highest BCUT2D eigenvalue weighted by molar-refractivity contribution is 6.01. The van der Waals surface area contributed by atoms with Crippen LogP contribution in [0.25, 0.3) is 0 Å². The lowest BCUT2D eigenvalue weighted by atomic mass is 10.0. The molecule has 0 spiro atoms. The Morgan fingerprint density at radius 2 is 1.65 bits per heavy atom. The number of phenolic OH excluding ortho intramolecular Hbond substituents is 1. The molecule has 5 rings (SSSR count). The molecule has 1 saturated heterocycles. The zero-order chi connectivity index (χ0) is 22.3. The first-order valence-electron chi connectivity index (χ1n) is 9.84. The van der Waals surface area contributed by atoms with E-state index in [1.54, 1.807) is 13.8 Å². The highest BCUT2D eigenvalue weighted by atomic mass is 16.6. The van der Waals surface area contributed by atoms with Gasteiger partial charge in [0.1, 0.15) is 23.5 Å². The predicted molar refractivity (Wildman–Crippen MR) is 106 cm³/mol. The Morgan fingerprint density at radius 3 is 2.26 bits per heavy atom. The van der Waals surface area contributed by atoms with Gasteiger partial charge in [-0.25, -0.2) is 9.59 Å². The smallest absolute Gasteiger partial charge is 0.347 e. The third-order valence-electron chi connectivity index (χ3n) is 5.45. The van der Waals surface area contributed by atoms with Crippen LogP contribution in [0.1, 0.15) is 55.8 Å². The van der Waals surface area contributed by atoms with Crippen LogP contribution in [-0.2, 0) is 22.7 Å². The zero-order valence-corrected chi connectivity index (χ0v) is 17.1. The van der Waals surface area contributed by atoms with Crippen LogP contribution in [0.5, 0.6) is 28.7 Å². The minimum absolute atomic E-state index is 0.0181. The molecular weight excluding hydrogens is 408 g/mol. The van der Waals surface area contributed by atoms with Crippen molar-refractivity contribution in [3.63, 3.8) is 0 Å². The molecule has 164 valence electrons. The summed E-state index contributed by atoms with van der Waals surface area (Å²) in [5.74, 6) is -2.67. The molecule has 3 N–H and O–H groups in total. The highest BCUT2D eigenvalue weighted by Crippen LogP contribution is 2.52. The number of phenols is 2. The summed E-state index contributed by atoms with van der Waals surface area (Å²) < 4.78 is 21.0. The van der Waals surface area contributed by atoms with E-state index in [1.807, 2.05) is 0 Å². The molecule has 0 aromatic heterocycles. The molecule has 2 aromatic carbocycles. The van der Waals surface area contributed by atoms with E-state index in [1.165, 1.54) is 18.9 Å². The van der Waals surface area contributed by atoms with E-state index in [2.05, 4.69) is 0 Å². The molecule has 3 aliphatic rings. The summed E-state index contributed by atoms with van der Waals surface area (Å²) in [5.41, 5.74) is 1.14. The quantitative estimate of drug-likeness (QED) is 0.461. The van der Waals surface area contributed by atoms with E-state index in [4.69, 9.17) is 18.9 Å². The first kappa shape index (κ1) is 21.0. The number of cyclic esters (lactones) is 1. The fourth-order valence-electron chi connectivity index (χ4n) is 3.77. The van der Waals surface area contributed by atoms with E-state index in [0.29, 0.717) is 16.7 Å². The minimum Gasteiger partial charge on any atom is -0.507 e. The Bertz CT molecular complexity index is 1080. The number of carbonyl (C=O) groups excluding carboxylic acids is 2. The van der Waals surface area contributed by atoms with Gasteiger partial charge in [-0.05, 0) is 38.3 Å². The predicted octanol–water partition coefficient (Wildman–Crippen LogP) is 3.00. The lowest BCUT2D eigenvalue weighted by Crippen LogP contribution is -2.11. The normalized spacial score (nSPS) is 16.1.